The fourth-order valence-corrected chi connectivity index (χ4v) is 3.26. The molecule has 0 aliphatic carbocycles. The fourth-order valence-electron chi connectivity index (χ4n) is 3.26. The summed E-state index contributed by atoms with van der Waals surface area (Å²) in [7, 11) is 0. The van der Waals surface area contributed by atoms with Crippen molar-refractivity contribution < 1.29 is 13.2 Å². The van der Waals surface area contributed by atoms with E-state index in [-0.39, 0.29) is 23.2 Å². The number of rotatable bonds is 4. The van der Waals surface area contributed by atoms with Crippen LogP contribution in [0.4, 0.5) is 24.9 Å². The Morgan fingerprint density at radius 3 is 2.47 bits per heavy atom. The quantitative estimate of drug-likeness (QED) is 0.424. The van der Waals surface area contributed by atoms with E-state index < -0.39 is 11.7 Å². The number of hydrogen-bond acceptors (Lipinski definition) is 6. The van der Waals surface area contributed by atoms with Gasteiger partial charge in [-0.2, -0.15) is 28.2 Å². The van der Waals surface area contributed by atoms with Gasteiger partial charge in [0.05, 0.1) is 17.2 Å². The second-order valence-corrected chi connectivity index (χ2v) is 6.88. The monoisotopic (exact) mass is 435 g/mol. The van der Waals surface area contributed by atoms with Gasteiger partial charge in [-0.3, -0.25) is 5.10 Å². The number of aromatic amines is 1. The Hall–Kier alpha value is -4.50. The smallest absolute Gasteiger partial charge is 0.393 e. The third-order valence-corrected chi connectivity index (χ3v) is 4.69. The number of benzene rings is 2. The summed E-state index contributed by atoms with van der Waals surface area (Å²) in [5, 5.41) is 10.8. The molecule has 5 rings (SSSR count). The lowest BCUT2D eigenvalue weighted by Crippen LogP contribution is -2.13. The van der Waals surface area contributed by atoms with Gasteiger partial charge in [-0.15, -0.1) is 0 Å². The third-order valence-electron chi connectivity index (χ3n) is 4.69. The van der Waals surface area contributed by atoms with Crippen molar-refractivity contribution >= 4 is 34.6 Å². The van der Waals surface area contributed by atoms with Crippen LogP contribution in [-0.2, 0) is 6.18 Å². The van der Waals surface area contributed by atoms with Crippen molar-refractivity contribution in [2.75, 3.05) is 5.32 Å². The summed E-state index contributed by atoms with van der Waals surface area (Å²) in [5.41, 5.74) is 6.17. The van der Waals surface area contributed by atoms with Crippen LogP contribution in [0.25, 0.3) is 22.3 Å². The lowest BCUT2D eigenvalue weighted by molar-refractivity contribution is -0.137. The number of fused-ring (bicyclic) bond motifs is 1. The second-order valence-electron chi connectivity index (χ2n) is 6.88. The Bertz CT molecular complexity index is 1440. The average Bonchev–Trinajstić information content (AvgIpc) is 3.39. The van der Waals surface area contributed by atoms with E-state index in [1.807, 2.05) is 24.3 Å². The zero-order chi connectivity index (χ0) is 22.3. The van der Waals surface area contributed by atoms with Crippen LogP contribution < -0.4 is 15.7 Å². The molecule has 2 aromatic heterocycles. The number of nitrogens with two attached hydrogens (primary N) is 1. The first-order valence-corrected chi connectivity index (χ1v) is 9.40. The lowest BCUT2D eigenvalue weighted by atomic mass is 10.1. The molecule has 0 saturated carbocycles. The summed E-state index contributed by atoms with van der Waals surface area (Å²) in [6.45, 7) is 0. The van der Waals surface area contributed by atoms with Crippen molar-refractivity contribution in [3.63, 3.8) is 0 Å². The van der Waals surface area contributed by atoms with Crippen molar-refractivity contribution in [3.05, 3.63) is 71.7 Å². The Balaban J connectivity index is 1.66. The largest absolute Gasteiger partial charge is 0.417 e. The lowest BCUT2D eigenvalue weighted by Gasteiger charge is -2.12. The van der Waals surface area contributed by atoms with Crippen molar-refractivity contribution in [1.82, 2.24) is 29.8 Å². The number of alkyl halides is 3. The van der Waals surface area contributed by atoms with Crippen molar-refractivity contribution in [1.29, 1.82) is 0 Å². The van der Waals surface area contributed by atoms with E-state index in [9.17, 15) is 13.2 Å². The first-order valence-electron chi connectivity index (χ1n) is 9.40. The topological polar surface area (TPSA) is 120 Å². The molecular formula is C21H14F3N8+. The standard InChI is InChI=1S/C21H13F3N8/c22-21(23,24)14-7-3-1-5-12(14)17-27-19(16-9-11(25)10-26-16)30-20(28-17)29-18-13-6-2-4-8-15(13)31-32-18/h1-10H,(H3,25,26,27,28,29,30,31,32)/p+1. The fraction of sp³-hybridized carbons (Fsp3) is 0.0476. The van der Waals surface area contributed by atoms with Gasteiger partial charge in [-0.1, -0.05) is 35.0 Å². The van der Waals surface area contributed by atoms with Crippen molar-refractivity contribution in [3.8, 4) is 11.4 Å². The number of nitrogens with one attached hydrogen (secondary N) is 2. The number of halogens is 3. The molecule has 0 atom stereocenters. The van der Waals surface area contributed by atoms with Crippen LogP contribution in [0.3, 0.4) is 0 Å². The number of hydrogen-bond donors (Lipinski definition) is 3. The number of aromatic nitrogens is 5. The summed E-state index contributed by atoms with van der Waals surface area (Å²) < 4.78 is 45.0. The third kappa shape index (κ3) is 3.57. The molecule has 1 aliphatic rings. The van der Waals surface area contributed by atoms with Gasteiger partial charge >= 0.3 is 18.1 Å². The predicted octanol–water partition coefficient (Wildman–Crippen LogP) is 2.96. The molecule has 4 aromatic rings. The molecule has 158 valence electrons. The Morgan fingerprint density at radius 1 is 0.938 bits per heavy atom. The summed E-state index contributed by atoms with van der Waals surface area (Å²) in [6.07, 6.45) is -1.64. The van der Waals surface area contributed by atoms with Crippen LogP contribution in [0.15, 0.2) is 60.3 Å². The van der Waals surface area contributed by atoms with Gasteiger partial charge in [-0.25, -0.2) is 4.98 Å². The number of allylic oxidation sites excluding steroid dienone is 2. The maximum atomic E-state index is 13.6. The van der Waals surface area contributed by atoms with E-state index in [4.69, 9.17) is 5.73 Å². The van der Waals surface area contributed by atoms with Gasteiger partial charge in [0.25, 0.3) is 0 Å². The predicted molar refractivity (Wildman–Crippen MR) is 114 cm³/mol. The number of nitrogens with zero attached hydrogens (tertiary/aromatic N) is 5. The van der Waals surface area contributed by atoms with Gasteiger partial charge < -0.3 is 11.1 Å². The number of para-hydroxylation sites is 1. The summed E-state index contributed by atoms with van der Waals surface area (Å²) in [4.78, 5) is 12.8. The minimum atomic E-state index is -4.58. The molecule has 0 spiro atoms. The van der Waals surface area contributed by atoms with E-state index in [1.54, 1.807) is 0 Å². The van der Waals surface area contributed by atoms with E-state index in [2.05, 4.69) is 35.1 Å². The molecule has 4 N–H and O–H groups in total. The zero-order valence-electron chi connectivity index (χ0n) is 16.2. The van der Waals surface area contributed by atoms with Crippen LogP contribution >= 0.6 is 0 Å². The van der Waals surface area contributed by atoms with Crippen LogP contribution in [0.2, 0.25) is 0 Å². The molecule has 0 radical (unpaired) electrons. The van der Waals surface area contributed by atoms with Crippen molar-refractivity contribution in [2.24, 2.45) is 5.73 Å². The maximum absolute atomic E-state index is 13.6. The van der Waals surface area contributed by atoms with Crippen LogP contribution in [0, 0.1) is 0 Å². The molecule has 2 aromatic carbocycles. The zero-order valence-corrected chi connectivity index (χ0v) is 16.2. The molecular weight excluding hydrogens is 421 g/mol. The second kappa shape index (κ2) is 7.33. The van der Waals surface area contributed by atoms with Crippen LogP contribution in [0.1, 0.15) is 11.4 Å². The minimum absolute atomic E-state index is 0.0146. The molecule has 8 nitrogen and oxygen atoms in total. The Morgan fingerprint density at radius 2 is 1.69 bits per heavy atom. The molecule has 3 heterocycles. The molecule has 0 saturated heterocycles. The average molecular weight is 435 g/mol. The normalized spacial score (nSPS) is 13.3. The summed E-state index contributed by atoms with van der Waals surface area (Å²) >= 11 is 0. The van der Waals surface area contributed by atoms with Crippen LogP contribution in [-0.4, -0.2) is 37.1 Å². The molecule has 0 amide bonds. The van der Waals surface area contributed by atoms with Gasteiger partial charge in [0.15, 0.2) is 11.6 Å². The molecule has 1 aliphatic heterocycles. The highest BCUT2D eigenvalue weighted by Crippen LogP contribution is 2.36. The highest BCUT2D eigenvalue weighted by atomic mass is 19.4. The molecule has 32 heavy (non-hydrogen) atoms. The van der Waals surface area contributed by atoms with E-state index in [0.29, 0.717) is 17.2 Å². The SMILES string of the molecule is NC1=CC(c2nc(Nc3n[nH]c4ccccc34)nc(-c3ccccc3C(F)(F)F)n2)=[N+]=C1. The molecule has 0 bridgehead atoms. The van der Waals surface area contributed by atoms with Gasteiger partial charge in [-0.05, 0) is 18.2 Å². The summed E-state index contributed by atoms with van der Waals surface area (Å²) in [5.74, 6) is 0.349. The van der Waals surface area contributed by atoms with Gasteiger partial charge in [0.2, 0.25) is 11.8 Å². The Labute approximate surface area is 178 Å². The molecule has 0 unspecified atom stereocenters. The van der Waals surface area contributed by atoms with Crippen LogP contribution in [0.5, 0.6) is 0 Å². The van der Waals surface area contributed by atoms with E-state index in [1.165, 1.54) is 30.5 Å². The van der Waals surface area contributed by atoms with Gasteiger partial charge in [0.1, 0.15) is 5.70 Å². The number of H-pyrrole nitrogens is 1. The molecule has 11 heteroatoms. The number of anilines is 2. The first kappa shape index (κ1) is 19.5. The molecule has 0 fully saturated rings. The first-order chi connectivity index (χ1) is 15.4. The van der Waals surface area contributed by atoms with Crippen molar-refractivity contribution in [2.45, 2.75) is 6.18 Å². The van der Waals surface area contributed by atoms with E-state index in [0.717, 1.165) is 17.0 Å². The minimum Gasteiger partial charge on any atom is -0.393 e. The highest BCUT2D eigenvalue weighted by molar-refractivity contribution is 6.13. The van der Waals surface area contributed by atoms with Gasteiger partial charge in [0, 0.05) is 10.9 Å². The maximum Gasteiger partial charge on any atom is 0.417 e. The highest BCUT2D eigenvalue weighted by Gasteiger charge is 2.34. The Kier molecular flexibility index (Phi) is 4.46. The summed E-state index contributed by atoms with van der Waals surface area (Å²) in [6, 6.07) is 12.4. The van der Waals surface area contributed by atoms with E-state index >= 15 is 0 Å².